The van der Waals surface area contributed by atoms with Gasteiger partial charge in [0.1, 0.15) is 0 Å². The SMILES string of the molecule is CCN(CC(C)C)c1ncc(Br)cc1[N+](=O)[O-]. The van der Waals surface area contributed by atoms with Gasteiger partial charge in [-0.05, 0) is 28.8 Å². The molecule has 0 aliphatic heterocycles. The van der Waals surface area contributed by atoms with Crippen LogP contribution < -0.4 is 4.90 Å². The fourth-order valence-electron chi connectivity index (χ4n) is 1.61. The fraction of sp³-hybridized carbons (Fsp3) is 0.545. The monoisotopic (exact) mass is 301 g/mol. The summed E-state index contributed by atoms with van der Waals surface area (Å²) in [5.74, 6) is 0.870. The molecule has 0 fully saturated rings. The van der Waals surface area contributed by atoms with E-state index in [2.05, 4.69) is 34.8 Å². The first-order chi connectivity index (χ1) is 7.95. The van der Waals surface area contributed by atoms with E-state index in [1.54, 1.807) is 6.20 Å². The highest BCUT2D eigenvalue weighted by Crippen LogP contribution is 2.28. The Morgan fingerprint density at radius 3 is 2.71 bits per heavy atom. The molecule has 6 heteroatoms. The summed E-state index contributed by atoms with van der Waals surface area (Å²) in [4.78, 5) is 16.7. The molecule has 0 aliphatic carbocycles. The summed E-state index contributed by atoms with van der Waals surface area (Å²) in [6, 6.07) is 1.49. The van der Waals surface area contributed by atoms with Gasteiger partial charge in [-0.15, -0.1) is 0 Å². The van der Waals surface area contributed by atoms with Crippen LogP contribution in [-0.2, 0) is 0 Å². The summed E-state index contributed by atoms with van der Waals surface area (Å²) in [6.07, 6.45) is 1.59. The van der Waals surface area contributed by atoms with Crippen molar-refractivity contribution in [1.29, 1.82) is 0 Å². The third-order valence-electron chi connectivity index (χ3n) is 2.28. The Kier molecular flexibility index (Phi) is 4.86. The lowest BCUT2D eigenvalue weighted by molar-refractivity contribution is -0.384. The van der Waals surface area contributed by atoms with E-state index in [9.17, 15) is 10.1 Å². The summed E-state index contributed by atoms with van der Waals surface area (Å²) in [6.45, 7) is 7.58. The molecule has 0 N–H and O–H groups in total. The number of pyridine rings is 1. The van der Waals surface area contributed by atoms with Crippen molar-refractivity contribution in [2.24, 2.45) is 5.92 Å². The van der Waals surface area contributed by atoms with Gasteiger partial charge in [-0.3, -0.25) is 10.1 Å². The molecule has 0 aromatic carbocycles. The maximum Gasteiger partial charge on any atom is 0.312 e. The Hall–Kier alpha value is -1.17. The molecule has 1 aromatic rings. The second kappa shape index (κ2) is 5.95. The quantitative estimate of drug-likeness (QED) is 0.619. The molecule has 0 amide bonds. The summed E-state index contributed by atoms with van der Waals surface area (Å²) in [5.41, 5.74) is 0.0434. The van der Waals surface area contributed by atoms with Crippen molar-refractivity contribution in [2.45, 2.75) is 20.8 Å². The van der Waals surface area contributed by atoms with E-state index < -0.39 is 4.92 Å². The van der Waals surface area contributed by atoms with Crippen molar-refractivity contribution < 1.29 is 4.92 Å². The molecular weight excluding hydrogens is 286 g/mol. The van der Waals surface area contributed by atoms with E-state index in [0.717, 1.165) is 6.54 Å². The molecule has 17 heavy (non-hydrogen) atoms. The lowest BCUT2D eigenvalue weighted by atomic mass is 10.2. The van der Waals surface area contributed by atoms with Crippen LogP contribution in [0.3, 0.4) is 0 Å². The molecule has 0 saturated carbocycles. The Labute approximate surface area is 109 Å². The molecule has 0 aliphatic rings. The van der Waals surface area contributed by atoms with Crippen molar-refractivity contribution in [3.05, 3.63) is 26.9 Å². The third kappa shape index (κ3) is 3.66. The molecule has 0 saturated heterocycles. The van der Waals surface area contributed by atoms with Crippen molar-refractivity contribution in [2.75, 3.05) is 18.0 Å². The number of halogens is 1. The van der Waals surface area contributed by atoms with E-state index in [0.29, 0.717) is 22.8 Å². The summed E-state index contributed by atoms with van der Waals surface area (Å²) in [5, 5.41) is 11.0. The van der Waals surface area contributed by atoms with Crippen LogP contribution in [0, 0.1) is 16.0 Å². The Morgan fingerprint density at radius 2 is 2.24 bits per heavy atom. The maximum absolute atomic E-state index is 11.0. The van der Waals surface area contributed by atoms with Gasteiger partial charge in [0.25, 0.3) is 0 Å². The molecule has 0 bridgehead atoms. The Balaban J connectivity index is 3.14. The van der Waals surface area contributed by atoms with Crippen LogP contribution in [0.2, 0.25) is 0 Å². The lowest BCUT2D eigenvalue weighted by Crippen LogP contribution is -2.28. The number of anilines is 1. The predicted octanol–water partition coefficient (Wildman–Crippen LogP) is 3.23. The topological polar surface area (TPSA) is 59.3 Å². The van der Waals surface area contributed by atoms with Crippen LogP contribution in [0.1, 0.15) is 20.8 Å². The summed E-state index contributed by atoms with van der Waals surface area (Å²) >= 11 is 3.20. The largest absolute Gasteiger partial charge is 0.351 e. The summed E-state index contributed by atoms with van der Waals surface area (Å²) < 4.78 is 0.619. The zero-order chi connectivity index (χ0) is 13.0. The third-order valence-corrected chi connectivity index (χ3v) is 2.71. The average molecular weight is 302 g/mol. The van der Waals surface area contributed by atoms with Crippen LogP contribution in [0.15, 0.2) is 16.7 Å². The molecule has 5 nitrogen and oxygen atoms in total. The zero-order valence-corrected chi connectivity index (χ0v) is 11.8. The van der Waals surface area contributed by atoms with Crippen LogP contribution in [0.4, 0.5) is 11.5 Å². The van der Waals surface area contributed by atoms with Crippen molar-refractivity contribution in [3.63, 3.8) is 0 Å². The number of hydrogen-bond acceptors (Lipinski definition) is 4. The van der Waals surface area contributed by atoms with Gasteiger partial charge < -0.3 is 4.90 Å². The van der Waals surface area contributed by atoms with E-state index in [1.165, 1.54) is 6.07 Å². The van der Waals surface area contributed by atoms with Gasteiger partial charge in [0.15, 0.2) is 0 Å². The molecule has 94 valence electrons. The first kappa shape index (κ1) is 13.9. The van der Waals surface area contributed by atoms with Gasteiger partial charge in [0.05, 0.1) is 4.92 Å². The van der Waals surface area contributed by atoms with Gasteiger partial charge in [0.2, 0.25) is 5.82 Å². The predicted molar refractivity (Wildman–Crippen MR) is 71.3 cm³/mol. The number of nitrogens with zero attached hydrogens (tertiary/aromatic N) is 3. The van der Waals surface area contributed by atoms with Crippen LogP contribution in [0.5, 0.6) is 0 Å². The minimum atomic E-state index is -0.393. The average Bonchev–Trinajstić information content (AvgIpc) is 2.25. The van der Waals surface area contributed by atoms with Crippen molar-refractivity contribution in [3.8, 4) is 0 Å². The van der Waals surface area contributed by atoms with Crippen molar-refractivity contribution >= 4 is 27.4 Å². The number of rotatable bonds is 5. The normalized spacial score (nSPS) is 10.6. The number of nitro groups is 1. The second-order valence-electron chi connectivity index (χ2n) is 4.19. The molecule has 1 rings (SSSR count). The first-order valence-electron chi connectivity index (χ1n) is 5.50. The number of hydrogen-bond donors (Lipinski definition) is 0. The molecule has 0 unspecified atom stereocenters. The Morgan fingerprint density at radius 1 is 1.59 bits per heavy atom. The first-order valence-corrected chi connectivity index (χ1v) is 6.29. The zero-order valence-electron chi connectivity index (χ0n) is 10.2. The fourth-order valence-corrected chi connectivity index (χ4v) is 1.92. The van der Waals surface area contributed by atoms with E-state index in [-0.39, 0.29) is 5.69 Å². The lowest BCUT2D eigenvalue weighted by Gasteiger charge is -2.23. The van der Waals surface area contributed by atoms with E-state index >= 15 is 0 Å². The highest BCUT2D eigenvalue weighted by atomic mass is 79.9. The van der Waals surface area contributed by atoms with Crippen LogP contribution in [0.25, 0.3) is 0 Å². The highest BCUT2D eigenvalue weighted by Gasteiger charge is 2.21. The molecule has 0 atom stereocenters. The minimum Gasteiger partial charge on any atom is -0.351 e. The van der Waals surface area contributed by atoms with Crippen LogP contribution >= 0.6 is 15.9 Å². The van der Waals surface area contributed by atoms with Gasteiger partial charge in [-0.2, -0.15) is 0 Å². The van der Waals surface area contributed by atoms with E-state index in [4.69, 9.17) is 0 Å². The van der Waals surface area contributed by atoms with Crippen molar-refractivity contribution in [1.82, 2.24) is 4.98 Å². The maximum atomic E-state index is 11.0. The Bertz CT molecular complexity index is 410. The summed E-state index contributed by atoms with van der Waals surface area (Å²) in [7, 11) is 0. The standard InChI is InChI=1S/C11H16BrN3O2/c1-4-14(7-8(2)3)11-10(15(16)17)5-9(12)6-13-11/h5-6,8H,4,7H2,1-3H3. The van der Waals surface area contributed by atoms with Gasteiger partial charge in [0, 0.05) is 29.8 Å². The molecule has 0 spiro atoms. The highest BCUT2D eigenvalue weighted by molar-refractivity contribution is 9.10. The molecule has 0 radical (unpaired) electrons. The van der Waals surface area contributed by atoms with E-state index in [1.807, 2.05) is 11.8 Å². The number of aromatic nitrogens is 1. The molecule has 1 heterocycles. The van der Waals surface area contributed by atoms with Gasteiger partial charge >= 0.3 is 5.69 Å². The van der Waals surface area contributed by atoms with Gasteiger partial charge in [-0.25, -0.2) is 4.98 Å². The second-order valence-corrected chi connectivity index (χ2v) is 5.10. The molecule has 1 aromatic heterocycles. The smallest absolute Gasteiger partial charge is 0.312 e. The minimum absolute atomic E-state index is 0.0434. The van der Waals surface area contributed by atoms with Gasteiger partial charge in [-0.1, -0.05) is 13.8 Å². The van der Waals surface area contributed by atoms with Crippen LogP contribution in [-0.4, -0.2) is 23.0 Å². The molecular formula is C11H16BrN3O2.